The number of benzene rings is 4. The number of hydrogen-bond acceptors (Lipinski definition) is 5. The van der Waals surface area contributed by atoms with Crippen LogP contribution in [-0.2, 0) is 32.6 Å². The van der Waals surface area contributed by atoms with Gasteiger partial charge < -0.3 is 15.0 Å². The SMILES string of the molecule is CCCNC(=O)[C@H](Cc1ccccc1)N(Cc1ccccc1F)C(=O)CN(c1ccc(C)cc1)S(=O)(=O)c1ccc(OC)c(Br)c1. The predicted octanol–water partition coefficient (Wildman–Crippen LogP) is 6.27. The van der Waals surface area contributed by atoms with Crippen LogP contribution in [0.1, 0.15) is 30.0 Å². The molecule has 0 spiro atoms. The number of aryl methyl sites for hydroxylation is 1. The van der Waals surface area contributed by atoms with Crippen LogP contribution in [0.25, 0.3) is 0 Å². The van der Waals surface area contributed by atoms with Crippen LogP contribution in [0.5, 0.6) is 5.75 Å². The van der Waals surface area contributed by atoms with Crippen molar-refractivity contribution < 1.29 is 27.1 Å². The normalized spacial score (nSPS) is 11.8. The molecule has 0 radical (unpaired) electrons. The van der Waals surface area contributed by atoms with Gasteiger partial charge in [-0.05, 0) is 71.2 Å². The number of nitrogens with one attached hydrogen (secondary N) is 1. The number of methoxy groups -OCH3 is 1. The molecular weight excluding hydrogens is 673 g/mol. The summed E-state index contributed by atoms with van der Waals surface area (Å²) < 4.78 is 50.2. The smallest absolute Gasteiger partial charge is 0.264 e. The van der Waals surface area contributed by atoms with E-state index >= 15 is 4.39 Å². The number of carbonyl (C=O) groups excluding carboxylic acids is 2. The highest BCUT2D eigenvalue weighted by Gasteiger charge is 2.35. The average Bonchev–Trinajstić information content (AvgIpc) is 3.05. The van der Waals surface area contributed by atoms with Crippen molar-refractivity contribution in [3.63, 3.8) is 0 Å². The third-order valence-corrected chi connectivity index (χ3v) is 9.82. The van der Waals surface area contributed by atoms with Crippen molar-refractivity contribution in [3.8, 4) is 5.75 Å². The summed E-state index contributed by atoms with van der Waals surface area (Å²) in [4.78, 5) is 29.3. The Labute approximate surface area is 278 Å². The number of hydrogen-bond donors (Lipinski definition) is 1. The zero-order valence-corrected chi connectivity index (χ0v) is 28.4. The molecule has 0 bridgehead atoms. The van der Waals surface area contributed by atoms with Crippen molar-refractivity contribution in [2.45, 2.75) is 44.2 Å². The fourth-order valence-electron chi connectivity index (χ4n) is 4.90. The lowest BCUT2D eigenvalue weighted by Gasteiger charge is -2.34. The van der Waals surface area contributed by atoms with Crippen LogP contribution in [0.3, 0.4) is 0 Å². The minimum Gasteiger partial charge on any atom is -0.496 e. The Morgan fingerprint density at radius 3 is 2.26 bits per heavy atom. The lowest BCUT2D eigenvalue weighted by atomic mass is 10.0. The number of rotatable bonds is 14. The molecule has 0 saturated carbocycles. The maximum atomic E-state index is 15.0. The monoisotopic (exact) mass is 709 g/mol. The number of ether oxygens (including phenoxy) is 1. The number of sulfonamides is 1. The maximum absolute atomic E-state index is 15.0. The van der Waals surface area contributed by atoms with Gasteiger partial charge in [-0.25, -0.2) is 12.8 Å². The van der Waals surface area contributed by atoms with Crippen LogP contribution in [0.4, 0.5) is 10.1 Å². The lowest BCUT2D eigenvalue weighted by Crippen LogP contribution is -2.53. The number of nitrogens with zero attached hydrogens (tertiary/aromatic N) is 2. The van der Waals surface area contributed by atoms with Gasteiger partial charge in [0.2, 0.25) is 11.8 Å². The standard InChI is InChI=1S/C35H37BrFN3O5S/c1-4-20-38-35(42)32(21-26-10-6-5-7-11-26)39(23-27-12-8-9-13-31(27)37)34(41)24-40(28-16-14-25(2)15-17-28)46(43,44)29-18-19-33(45-3)30(36)22-29/h5-19,22,32H,4,20-21,23-24H2,1-3H3,(H,38,42)/t32-/m0/s1. The van der Waals surface area contributed by atoms with Crippen molar-refractivity contribution in [3.05, 3.63) is 124 Å². The molecule has 11 heteroatoms. The molecule has 0 aromatic heterocycles. The van der Waals surface area contributed by atoms with Gasteiger partial charge in [-0.3, -0.25) is 13.9 Å². The molecule has 0 aliphatic rings. The zero-order chi connectivity index (χ0) is 33.3. The molecule has 0 unspecified atom stereocenters. The number of halogens is 2. The summed E-state index contributed by atoms with van der Waals surface area (Å²) in [6.45, 7) is 3.26. The first kappa shape index (κ1) is 34.6. The number of amides is 2. The predicted molar refractivity (Wildman–Crippen MR) is 181 cm³/mol. The quantitative estimate of drug-likeness (QED) is 0.167. The summed E-state index contributed by atoms with van der Waals surface area (Å²) >= 11 is 3.36. The van der Waals surface area contributed by atoms with Crippen molar-refractivity contribution in [1.82, 2.24) is 10.2 Å². The zero-order valence-electron chi connectivity index (χ0n) is 26.0. The molecule has 8 nitrogen and oxygen atoms in total. The number of anilines is 1. The van der Waals surface area contributed by atoms with Crippen LogP contribution in [-0.4, -0.2) is 51.4 Å². The maximum Gasteiger partial charge on any atom is 0.264 e. The average molecular weight is 711 g/mol. The molecule has 0 fully saturated rings. The molecule has 1 N–H and O–H groups in total. The summed E-state index contributed by atoms with van der Waals surface area (Å²) in [5, 5.41) is 2.88. The van der Waals surface area contributed by atoms with Gasteiger partial charge >= 0.3 is 0 Å². The first-order valence-electron chi connectivity index (χ1n) is 14.8. The van der Waals surface area contributed by atoms with E-state index in [9.17, 15) is 18.0 Å². The molecule has 1 atom stereocenters. The molecule has 242 valence electrons. The molecule has 4 rings (SSSR count). The Hall–Kier alpha value is -4.22. The Morgan fingerprint density at radius 2 is 1.63 bits per heavy atom. The molecule has 4 aromatic rings. The van der Waals surface area contributed by atoms with Gasteiger partial charge in [0, 0.05) is 25.1 Å². The second kappa shape index (κ2) is 15.9. The van der Waals surface area contributed by atoms with E-state index in [1.807, 2.05) is 44.2 Å². The van der Waals surface area contributed by atoms with Crippen LogP contribution in [0, 0.1) is 12.7 Å². The Kier molecular flexibility index (Phi) is 11.9. The molecule has 0 aliphatic heterocycles. The van der Waals surface area contributed by atoms with E-state index in [-0.39, 0.29) is 29.1 Å². The first-order valence-corrected chi connectivity index (χ1v) is 17.1. The van der Waals surface area contributed by atoms with E-state index in [1.165, 1.54) is 36.3 Å². The van der Waals surface area contributed by atoms with E-state index in [0.717, 1.165) is 15.4 Å². The van der Waals surface area contributed by atoms with Gasteiger partial charge in [-0.1, -0.05) is 73.2 Å². The number of carbonyl (C=O) groups is 2. The van der Waals surface area contributed by atoms with Crippen LogP contribution < -0.4 is 14.4 Å². The topological polar surface area (TPSA) is 96.0 Å². The van der Waals surface area contributed by atoms with Gasteiger partial charge in [0.1, 0.15) is 24.2 Å². The van der Waals surface area contributed by atoms with Gasteiger partial charge in [0.25, 0.3) is 10.0 Å². The lowest BCUT2D eigenvalue weighted by molar-refractivity contribution is -0.140. The van der Waals surface area contributed by atoms with Crippen molar-refractivity contribution in [2.24, 2.45) is 0 Å². The van der Waals surface area contributed by atoms with Gasteiger partial charge in [-0.2, -0.15) is 0 Å². The highest BCUT2D eigenvalue weighted by atomic mass is 79.9. The Bertz CT molecular complexity index is 1750. The van der Waals surface area contributed by atoms with E-state index in [0.29, 0.717) is 23.2 Å². The summed E-state index contributed by atoms with van der Waals surface area (Å²) in [7, 11) is -2.85. The van der Waals surface area contributed by atoms with Crippen molar-refractivity contribution in [1.29, 1.82) is 0 Å². The van der Waals surface area contributed by atoms with Crippen molar-refractivity contribution >= 4 is 43.5 Å². The molecule has 4 aromatic carbocycles. The van der Waals surface area contributed by atoms with Crippen molar-refractivity contribution in [2.75, 3.05) is 24.5 Å². The van der Waals surface area contributed by atoms with E-state index in [4.69, 9.17) is 4.74 Å². The van der Waals surface area contributed by atoms with Crippen LogP contribution in [0.2, 0.25) is 0 Å². The second-order valence-electron chi connectivity index (χ2n) is 10.8. The van der Waals surface area contributed by atoms with Crippen LogP contribution in [0.15, 0.2) is 106 Å². The second-order valence-corrected chi connectivity index (χ2v) is 13.5. The van der Waals surface area contributed by atoms with E-state index < -0.39 is 40.2 Å². The third-order valence-electron chi connectivity index (χ3n) is 7.43. The molecule has 0 saturated heterocycles. The van der Waals surface area contributed by atoms with Gasteiger partial charge in [-0.15, -0.1) is 0 Å². The highest BCUT2D eigenvalue weighted by Crippen LogP contribution is 2.31. The van der Waals surface area contributed by atoms with Gasteiger partial charge in [0.15, 0.2) is 0 Å². The summed E-state index contributed by atoms with van der Waals surface area (Å²) in [6.07, 6.45) is 0.807. The van der Waals surface area contributed by atoms with E-state index in [2.05, 4.69) is 21.2 Å². The summed E-state index contributed by atoms with van der Waals surface area (Å²) in [5.41, 5.74) is 2.14. The summed E-state index contributed by atoms with van der Waals surface area (Å²) in [5.74, 6) is -1.19. The Morgan fingerprint density at radius 1 is 0.957 bits per heavy atom. The van der Waals surface area contributed by atoms with Crippen LogP contribution >= 0.6 is 15.9 Å². The molecule has 46 heavy (non-hydrogen) atoms. The highest BCUT2D eigenvalue weighted by molar-refractivity contribution is 9.10. The molecular formula is C35H37BrFN3O5S. The molecule has 2 amide bonds. The molecule has 0 heterocycles. The first-order chi connectivity index (χ1) is 22.0. The summed E-state index contributed by atoms with van der Waals surface area (Å²) in [6, 6.07) is 25.2. The Balaban J connectivity index is 1.81. The van der Waals surface area contributed by atoms with Gasteiger partial charge in [0.05, 0.1) is 22.2 Å². The molecule has 0 aliphatic carbocycles. The third kappa shape index (κ3) is 8.52. The largest absolute Gasteiger partial charge is 0.496 e. The minimum atomic E-state index is -4.32. The van der Waals surface area contributed by atoms with E-state index in [1.54, 1.807) is 42.5 Å². The fraction of sp³-hybridized carbons (Fsp3) is 0.257. The minimum absolute atomic E-state index is 0.0734. The fourth-order valence-corrected chi connectivity index (χ4v) is 7.04.